The predicted molar refractivity (Wildman–Crippen MR) is 28.3 cm³/mol. The van der Waals surface area contributed by atoms with E-state index in [1.54, 1.807) is 0 Å². The van der Waals surface area contributed by atoms with E-state index in [9.17, 15) is 0 Å². The highest BCUT2D eigenvalue weighted by atomic mass is 13.8. The van der Waals surface area contributed by atoms with Crippen molar-refractivity contribution in [3.05, 3.63) is 24.8 Å². The zero-order valence-corrected chi connectivity index (χ0v) is 4.12. The Labute approximate surface area is 39.2 Å². The summed E-state index contributed by atoms with van der Waals surface area (Å²) in [5.74, 6) is 0. The first kappa shape index (κ1) is 5.48. The van der Waals surface area contributed by atoms with Crippen molar-refractivity contribution in [1.82, 2.24) is 0 Å². The number of rotatable bonds is 2. The summed E-state index contributed by atoms with van der Waals surface area (Å²) in [6.45, 7) is 9.05. The van der Waals surface area contributed by atoms with Crippen LogP contribution < -0.4 is 0 Å². The lowest BCUT2D eigenvalue weighted by Crippen LogP contribution is -1.64. The highest BCUT2D eigenvalue weighted by molar-refractivity contribution is 5.02. The molecule has 0 N–H and O–H groups in total. The van der Waals surface area contributed by atoms with Crippen LogP contribution in [-0.2, 0) is 0 Å². The van der Waals surface area contributed by atoms with Crippen molar-refractivity contribution in [3.8, 4) is 0 Å². The molecule has 0 aliphatic heterocycles. The van der Waals surface area contributed by atoms with E-state index in [1.807, 2.05) is 6.92 Å². The maximum Gasteiger partial charge on any atom is -0.0642 e. The van der Waals surface area contributed by atoms with Crippen LogP contribution in [0.5, 0.6) is 0 Å². The Morgan fingerprint density at radius 1 is 1.83 bits per heavy atom. The summed E-state index contributed by atoms with van der Waals surface area (Å²) in [7, 11) is 0. The summed E-state index contributed by atoms with van der Waals surface area (Å²) in [5.41, 5.74) is 0.981. The third-order valence-corrected chi connectivity index (χ3v) is 0.677. The summed E-state index contributed by atoms with van der Waals surface area (Å²) in [6.07, 6.45) is 3.63. The van der Waals surface area contributed by atoms with Gasteiger partial charge in [0.25, 0.3) is 0 Å². The summed E-state index contributed by atoms with van der Waals surface area (Å²) >= 11 is 0. The number of hydrogen-bond donors (Lipinski definition) is 0. The van der Waals surface area contributed by atoms with Gasteiger partial charge in [-0.1, -0.05) is 13.3 Å². The molecule has 0 bridgehead atoms. The van der Waals surface area contributed by atoms with Crippen molar-refractivity contribution in [2.45, 2.75) is 13.3 Å². The topological polar surface area (TPSA) is 0 Å². The van der Waals surface area contributed by atoms with E-state index < -0.39 is 0 Å². The lowest BCUT2D eigenvalue weighted by Gasteiger charge is -1.96. The van der Waals surface area contributed by atoms with Crippen LogP contribution in [0.2, 0.25) is 0 Å². The van der Waals surface area contributed by atoms with E-state index in [-0.39, 0.29) is 0 Å². The summed E-state index contributed by atoms with van der Waals surface area (Å²) < 4.78 is 0. The Morgan fingerprint density at radius 3 is 2.33 bits per heavy atom. The lowest BCUT2D eigenvalue weighted by atomic mass is 10.2. The molecule has 0 aromatic rings. The van der Waals surface area contributed by atoms with Gasteiger partial charge in [-0.25, -0.2) is 12.2 Å². The monoisotopic (exact) mass is 81.1 g/mol. The van der Waals surface area contributed by atoms with E-state index in [2.05, 4.69) is 19.2 Å². The molecule has 0 heterocycles. The van der Waals surface area contributed by atoms with Crippen molar-refractivity contribution in [2.24, 2.45) is 0 Å². The van der Waals surface area contributed by atoms with Gasteiger partial charge in [-0.3, -0.25) is 6.08 Å². The first-order chi connectivity index (χ1) is 2.81. The van der Waals surface area contributed by atoms with Crippen LogP contribution in [-0.4, -0.2) is 0 Å². The SMILES string of the molecule is C=[C-]C(=C)CC. The Kier molecular flexibility index (Phi) is 2.47. The van der Waals surface area contributed by atoms with Gasteiger partial charge >= 0.3 is 0 Å². The predicted octanol–water partition coefficient (Wildman–Crippen LogP) is 1.94. The van der Waals surface area contributed by atoms with Gasteiger partial charge in [-0.15, -0.1) is 0 Å². The second kappa shape index (κ2) is 2.70. The van der Waals surface area contributed by atoms with Crippen LogP contribution in [0, 0.1) is 6.08 Å². The van der Waals surface area contributed by atoms with Gasteiger partial charge < -0.3 is 0 Å². The normalized spacial score (nSPS) is 7.50. The molecule has 6 heavy (non-hydrogen) atoms. The van der Waals surface area contributed by atoms with Gasteiger partial charge in [0, 0.05) is 0 Å². The average molecular weight is 81.1 g/mol. The fourth-order valence-electron chi connectivity index (χ4n) is 0.125. The minimum atomic E-state index is 0.962. The molecule has 0 aromatic heterocycles. The summed E-state index contributed by atoms with van der Waals surface area (Å²) in [4.78, 5) is 0. The highest BCUT2D eigenvalue weighted by Gasteiger charge is 1.61. The Balaban J connectivity index is 3.23. The largest absolute Gasteiger partial charge is 0.256 e. The lowest BCUT2D eigenvalue weighted by molar-refractivity contribution is 1.15. The van der Waals surface area contributed by atoms with Gasteiger partial charge in [0.1, 0.15) is 0 Å². The van der Waals surface area contributed by atoms with Gasteiger partial charge in [0.2, 0.25) is 0 Å². The van der Waals surface area contributed by atoms with E-state index in [1.165, 1.54) is 0 Å². The van der Waals surface area contributed by atoms with E-state index >= 15 is 0 Å². The van der Waals surface area contributed by atoms with Gasteiger partial charge in [0.05, 0.1) is 0 Å². The maximum atomic E-state index is 3.62. The number of hydrogen-bond acceptors (Lipinski definition) is 0. The third-order valence-electron chi connectivity index (χ3n) is 0.677. The maximum absolute atomic E-state index is 3.62. The zero-order valence-electron chi connectivity index (χ0n) is 4.12. The molecule has 34 valence electrons. The molecule has 0 fully saturated rings. The molecule has 0 rings (SSSR count). The van der Waals surface area contributed by atoms with E-state index in [0.29, 0.717) is 0 Å². The zero-order chi connectivity index (χ0) is 4.99. The molecule has 0 radical (unpaired) electrons. The molecule has 0 nitrogen and oxygen atoms in total. The molecule has 0 unspecified atom stereocenters. The molecule has 0 spiro atoms. The van der Waals surface area contributed by atoms with Crippen molar-refractivity contribution < 1.29 is 0 Å². The van der Waals surface area contributed by atoms with Crippen molar-refractivity contribution >= 4 is 0 Å². The van der Waals surface area contributed by atoms with Crippen LogP contribution in [0.4, 0.5) is 0 Å². The third kappa shape index (κ3) is 1.77. The smallest absolute Gasteiger partial charge is 0.0642 e. The summed E-state index contributed by atoms with van der Waals surface area (Å²) in [6, 6.07) is 0. The molecule has 0 aromatic carbocycles. The minimum Gasteiger partial charge on any atom is -0.256 e. The Morgan fingerprint density at radius 2 is 2.33 bits per heavy atom. The second-order valence-electron chi connectivity index (χ2n) is 1.13. The Bertz CT molecular complexity index is 60.4. The van der Waals surface area contributed by atoms with Crippen LogP contribution in [0.15, 0.2) is 18.7 Å². The first-order valence-electron chi connectivity index (χ1n) is 2.02. The molecule has 0 aliphatic carbocycles. The molecule has 0 saturated heterocycles. The van der Waals surface area contributed by atoms with Gasteiger partial charge in [-0.2, -0.15) is 6.58 Å². The van der Waals surface area contributed by atoms with Crippen molar-refractivity contribution in [1.29, 1.82) is 0 Å². The fourth-order valence-corrected chi connectivity index (χ4v) is 0.125. The molecule has 0 amide bonds. The van der Waals surface area contributed by atoms with Crippen molar-refractivity contribution in [3.63, 3.8) is 0 Å². The van der Waals surface area contributed by atoms with Crippen LogP contribution in [0.1, 0.15) is 13.3 Å². The average Bonchev–Trinajstić information content (AvgIpc) is 1.65. The summed E-state index contributed by atoms with van der Waals surface area (Å²) in [5, 5.41) is 0. The van der Waals surface area contributed by atoms with Gasteiger partial charge in [0.15, 0.2) is 0 Å². The molecule has 0 heteroatoms. The van der Waals surface area contributed by atoms with Crippen LogP contribution >= 0.6 is 0 Å². The molecule has 0 saturated carbocycles. The Hall–Kier alpha value is -0.520. The van der Waals surface area contributed by atoms with Crippen LogP contribution in [0.3, 0.4) is 0 Å². The minimum absolute atomic E-state index is 0.962. The molecule has 0 atom stereocenters. The van der Waals surface area contributed by atoms with Gasteiger partial charge in [-0.05, 0) is 0 Å². The fraction of sp³-hybridized carbons (Fsp3) is 0.333. The molecular weight excluding hydrogens is 72.1 g/mol. The quantitative estimate of drug-likeness (QED) is 0.352. The highest BCUT2D eigenvalue weighted by Crippen LogP contribution is 1.92. The van der Waals surface area contributed by atoms with Crippen LogP contribution in [0.25, 0.3) is 0 Å². The van der Waals surface area contributed by atoms with Crippen molar-refractivity contribution in [2.75, 3.05) is 0 Å². The molecule has 0 aliphatic rings. The van der Waals surface area contributed by atoms with E-state index in [4.69, 9.17) is 0 Å². The second-order valence-corrected chi connectivity index (χ2v) is 1.13. The standard InChI is InChI=1S/C6H9/c1-4-6(3)5-2/h1,3,5H2,2H3/q-1. The first-order valence-corrected chi connectivity index (χ1v) is 2.02. The van der Waals surface area contributed by atoms with E-state index in [0.717, 1.165) is 12.0 Å². The molecular formula is C6H9-. The number of allylic oxidation sites excluding steroid dienone is 2.